The third-order valence-electron chi connectivity index (χ3n) is 2.93. The zero-order chi connectivity index (χ0) is 13.5. The number of rotatable bonds is 6. The molecule has 0 aliphatic heterocycles. The molecule has 2 aromatic rings. The monoisotopic (exact) mass is 256 g/mol. The van der Waals surface area contributed by atoms with Crippen molar-refractivity contribution < 1.29 is 4.74 Å². The molecule has 0 aliphatic rings. The first kappa shape index (κ1) is 13.5. The fourth-order valence-corrected chi connectivity index (χ4v) is 2.04. The van der Waals surface area contributed by atoms with Crippen LogP contribution < -0.4 is 4.74 Å². The molecule has 3 nitrogen and oxygen atoms in total. The summed E-state index contributed by atoms with van der Waals surface area (Å²) in [6.45, 7) is 4.31. The molecule has 0 aliphatic carbocycles. The van der Waals surface area contributed by atoms with Gasteiger partial charge < -0.3 is 4.74 Å². The third-order valence-corrected chi connectivity index (χ3v) is 2.93. The minimum absolute atomic E-state index is 0.681. The van der Waals surface area contributed by atoms with Crippen LogP contribution in [0.5, 0.6) is 11.8 Å². The van der Waals surface area contributed by atoms with Gasteiger partial charge in [0.05, 0.1) is 0 Å². The Morgan fingerprint density at radius 1 is 0.842 bits per heavy atom. The van der Waals surface area contributed by atoms with E-state index in [4.69, 9.17) is 4.74 Å². The summed E-state index contributed by atoms with van der Waals surface area (Å²) in [6, 6.07) is 8.02. The standard InChI is InChI=1S/C16H20N2O/c1-3-7-13-9-5-11-17-15(13)19-16-14(8-4-2)10-6-12-18-16/h5-6,9-12H,3-4,7-8H2,1-2H3. The molecule has 0 amide bonds. The fourth-order valence-electron chi connectivity index (χ4n) is 2.04. The molecule has 0 aromatic carbocycles. The van der Waals surface area contributed by atoms with Gasteiger partial charge in [0, 0.05) is 23.5 Å². The van der Waals surface area contributed by atoms with Crippen LogP contribution in [0.4, 0.5) is 0 Å². The van der Waals surface area contributed by atoms with E-state index in [-0.39, 0.29) is 0 Å². The van der Waals surface area contributed by atoms with Crippen LogP contribution in [-0.2, 0) is 12.8 Å². The van der Waals surface area contributed by atoms with E-state index in [0.717, 1.165) is 36.8 Å². The Morgan fingerprint density at radius 2 is 1.32 bits per heavy atom. The Bertz CT molecular complexity index is 478. The van der Waals surface area contributed by atoms with Gasteiger partial charge in [0.25, 0.3) is 0 Å². The van der Waals surface area contributed by atoms with Crippen molar-refractivity contribution in [1.29, 1.82) is 0 Å². The van der Waals surface area contributed by atoms with Gasteiger partial charge in [0.2, 0.25) is 11.8 Å². The average Bonchev–Trinajstić information content (AvgIpc) is 2.44. The molecule has 0 fully saturated rings. The summed E-state index contributed by atoms with van der Waals surface area (Å²) in [4.78, 5) is 8.66. The summed E-state index contributed by atoms with van der Waals surface area (Å²) in [5.41, 5.74) is 2.27. The predicted octanol–water partition coefficient (Wildman–Crippen LogP) is 4.17. The highest BCUT2D eigenvalue weighted by atomic mass is 16.5. The van der Waals surface area contributed by atoms with E-state index in [9.17, 15) is 0 Å². The number of hydrogen-bond donors (Lipinski definition) is 0. The van der Waals surface area contributed by atoms with Crippen molar-refractivity contribution in [2.45, 2.75) is 39.5 Å². The molecule has 2 heterocycles. The number of pyridine rings is 2. The molecular formula is C16H20N2O. The van der Waals surface area contributed by atoms with Crippen LogP contribution in [0.25, 0.3) is 0 Å². The van der Waals surface area contributed by atoms with E-state index >= 15 is 0 Å². The number of nitrogens with zero attached hydrogens (tertiary/aromatic N) is 2. The van der Waals surface area contributed by atoms with E-state index in [1.165, 1.54) is 0 Å². The number of hydrogen-bond acceptors (Lipinski definition) is 3. The van der Waals surface area contributed by atoms with Gasteiger partial charge in [-0.1, -0.05) is 38.8 Å². The molecule has 0 saturated carbocycles. The van der Waals surface area contributed by atoms with Crippen molar-refractivity contribution in [3.63, 3.8) is 0 Å². The minimum Gasteiger partial charge on any atom is -0.420 e. The fraction of sp³-hybridized carbons (Fsp3) is 0.375. The molecule has 2 rings (SSSR count). The lowest BCUT2D eigenvalue weighted by molar-refractivity contribution is 0.432. The van der Waals surface area contributed by atoms with Crippen molar-refractivity contribution in [2.24, 2.45) is 0 Å². The largest absolute Gasteiger partial charge is 0.420 e. The van der Waals surface area contributed by atoms with Crippen LogP contribution in [0, 0.1) is 0 Å². The van der Waals surface area contributed by atoms with E-state index < -0.39 is 0 Å². The molecule has 0 atom stereocenters. The summed E-state index contributed by atoms with van der Waals surface area (Å²) < 4.78 is 5.92. The van der Waals surface area contributed by atoms with Gasteiger partial charge in [-0.25, -0.2) is 9.97 Å². The quantitative estimate of drug-likeness (QED) is 0.778. The Balaban J connectivity index is 2.25. The molecule has 0 N–H and O–H groups in total. The maximum Gasteiger partial charge on any atom is 0.224 e. The number of aromatic nitrogens is 2. The van der Waals surface area contributed by atoms with Crippen molar-refractivity contribution in [3.05, 3.63) is 47.8 Å². The third kappa shape index (κ3) is 3.53. The van der Waals surface area contributed by atoms with E-state index in [2.05, 4.69) is 35.9 Å². The first-order chi connectivity index (χ1) is 9.35. The maximum atomic E-state index is 5.92. The molecule has 0 saturated heterocycles. The molecule has 0 spiro atoms. The second kappa shape index (κ2) is 6.88. The van der Waals surface area contributed by atoms with Gasteiger partial charge in [0.1, 0.15) is 0 Å². The Hall–Kier alpha value is -1.90. The molecule has 0 bridgehead atoms. The van der Waals surface area contributed by atoms with E-state index in [1.54, 1.807) is 12.4 Å². The summed E-state index contributed by atoms with van der Waals surface area (Å²) in [7, 11) is 0. The van der Waals surface area contributed by atoms with Gasteiger partial charge in [-0.05, 0) is 25.0 Å². The maximum absolute atomic E-state index is 5.92. The molecular weight excluding hydrogens is 236 g/mol. The highest BCUT2D eigenvalue weighted by Gasteiger charge is 2.09. The summed E-state index contributed by atoms with van der Waals surface area (Å²) in [5, 5.41) is 0. The average molecular weight is 256 g/mol. The number of aryl methyl sites for hydroxylation is 2. The van der Waals surface area contributed by atoms with E-state index in [1.807, 2.05) is 12.1 Å². The molecule has 0 radical (unpaired) electrons. The van der Waals surface area contributed by atoms with Crippen molar-refractivity contribution in [1.82, 2.24) is 9.97 Å². The smallest absolute Gasteiger partial charge is 0.224 e. The minimum atomic E-state index is 0.681. The second-order valence-corrected chi connectivity index (χ2v) is 4.54. The van der Waals surface area contributed by atoms with Gasteiger partial charge in [0.15, 0.2) is 0 Å². The van der Waals surface area contributed by atoms with Crippen LogP contribution in [0.3, 0.4) is 0 Å². The zero-order valence-corrected chi connectivity index (χ0v) is 11.6. The van der Waals surface area contributed by atoms with Gasteiger partial charge in [-0.15, -0.1) is 0 Å². The first-order valence-electron chi connectivity index (χ1n) is 6.90. The molecule has 3 heteroatoms. The van der Waals surface area contributed by atoms with Gasteiger partial charge in [-0.2, -0.15) is 0 Å². The summed E-state index contributed by atoms with van der Waals surface area (Å²) in [5.74, 6) is 1.36. The molecule has 2 aromatic heterocycles. The normalized spacial score (nSPS) is 10.4. The Morgan fingerprint density at radius 3 is 1.74 bits per heavy atom. The SMILES string of the molecule is CCCc1cccnc1Oc1ncccc1CCC. The highest BCUT2D eigenvalue weighted by molar-refractivity contribution is 5.33. The highest BCUT2D eigenvalue weighted by Crippen LogP contribution is 2.25. The van der Waals surface area contributed by atoms with Crippen molar-refractivity contribution >= 4 is 0 Å². The summed E-state index contributed by atoms with van der Waals surface area (Å²) >= 11 is 0. The van der Waals surface area contributed by atoms with Crippen molar-refractivity contribution in [2.75, 3.05) is 0 Å². The lowest BCUT2D eigenvalue weighted by Crippen LogP contribution is -1.99. The van der Waals surface area contributed by atoms with Gasteiger partial charge >= 0.3 is 0 Å². The van der Waals surface area contributed by atoms with Crippen LogP contribution in [0.15, 0.2) is 36.7 Å². The van der Waals surface area contributed by atoms with Crippen LogP contribution in [-0.4, -0.2) is 9.97 Å². The summed E-state index contributed by atoms with van der Waals surface area (Å²) in [6.07, 6.45) is 7.62. The van der Waals surface area contributed by atoms with Crippen LogP contribution in [0.2, 0.25) is 0 Å². The molecule has 19 heavy (non-hydrogen) atoms. The van der Waals surface area contributed by atoms with Crippen LogP contribution in [0.1, 0.15) is 37.8 Å². The molecule has 0 unspecified atom stereocenters. The lowest BCUT2D eigenvalue weighted by Gasteiger charge is -2.11. The van der Waals surface area contributed by atoms with Crippen LogP contribution >= 0.6 is 0 Å². The second-order valence-electron chi connectivity index (χ2n) is 4.54. The Labute approximate surface area is 114 Å². The van der Waals surface area contributed by atoms with E-state index in [0.29, 0.717) is 11.8 Å². The first-order valence-corrected chi connectivity index (χ1v) is 6.90. The Kier molecular flexibility index (Phi) is 4.90. The van der Waals surface area contributed by atoms with Gasteiger partial charge in [-0.3, -0.25) is 0 Å². The predicted molar refractivity (Wildman–Crippen MR) is 76.5 cm³/mol. The lowest BCUT2D eigenvalue weighted by atomic mass is 10.1. The number of ether oxygens (including phenoxy) is 1. The topological polar surface area (TPSA) is 35.0 Å². The van der Waals surface area contributed by atoms with Crippen molar-refractivity contribution in [3.8, 4) is 11.8 Å². The zero-order valence-electron chi connectivity index (χ0n) is 11.6. The molecule has 100 valence electrons.